The van der Waals surface area contributed by atoms with Crippen molar-refractivity contribution in [1.82, 2.24) is 14.7 Å². The van der Waals surface area contributed by atoms with Crippen LogP contribution in [-0.2, 0) is 16.5 Å². The zero-order valence-electron chi connectivity index (χ0n) is 14.4. The molecule has 0 N–H and O–H groups in total. The van der Waals surface area contributed by atoms with Crippen LogP contribution in [0, 0.1) is 5.92 Å². The molecule has 0 aromatic carbocycles. The predicted octanol–water partition coefficient (Wildman–Crippen LogP) is 2.00. The molecule has 3 fully saturated rings. The quantitative estimate of drug-likeness (QED) is 0.846. The predicted molar refractivity (Wildman–Crippen MR) is 88.7 cm³/mol. The summed E-state index contributed by atoms with van der Waals surface area (Å²) in [4.78, 5) is 14.3. The van der Waals surface area contributed by atoms with Crippen molar-refractivity contribution in [3.63, 3.8) is 0 Å². The topological polar surface area (TPSA) is 56.6 Å². The van der Waals surface area contributed by atoms with Crippen LogP contribution < -0.4 is 0 Å². The molecule has 3 aliphatic rings. The van der Waals surface area contributed by atoms with E-state index < -0.39 is 0 Å². The number of carbonyl (C=O) groups excluding carboxylic acids is 1. The molecule has 3 heterocycles. The summed E-state index contributed by atoms with van der Waals surface area (Å²) in [5, 5.41) is 4.07. The van der Waals surface area contributed by atoms with Crippen LogP contribution in [0.2, 0.25) is 0 Å². The highest BCUT2D eigenvalue weighted by molar-refractivity contribution is 5.94. The highest BCUT2D eigenvalue weighted by atomic mass is 16.5. The summed E-state index contributed by atoms with van der Waals surface area (Å²) in [6.45, 7) is 2.98. The molecule has 1 spiro atoms. The van der Waals surface area contributed by atoms with Gasteiger partial charge in [-0.25, -0.2) is 0 Å². The zero-order chi connectivity index (χ0) is 16.6. The fourth-order valence-corrected chi connectivity index (χ4v) is 4.30. The normalized spacial score (nSPS) is 26.7. The van der Waals surface area contributed by atoms with E-state index in [1.807, 2.05) is 11.9 Å². The molecule has 1 saturated carbocycles. The molecule has 0 radical (unpaired) electrons. The molecule has 132 valence electrons. The van der Waals surface area contributed by atoms with Gasteiger partial charge in [0.25, 0.3) is 5.91 Å². The van der Waals surface area contributed by atoms with E-state index in [1.54, 1.807) is 17.1 Å². The van der Waals surface area contributed by atoms with Crippen molar-refractivity contribution in [3.05, 3.63) is 18.0 Å². The van der Waals surface area contributed by atoms with Gasteiger partial charge >= 0.3 is 0 Å². The lowest BCUT2D eigenvalue weighted by Crippen LogP contribution is -2.67. The zero-order valence-corrected chi connectivity index (χ0v) is 14.4. The molecule has 6 nitrogen and oxygen atoms in total. The first kappa shape index (κ1) is 16.1. The van der Waals surface area contributed by atoms with E-state index in [4.69, 9.17) is 9.47 Å². The molecule has 1 aromatic heterocycles. The average molecular weight is 333 g/mol. The Bertz CT molecular complexity index is 588. The summed E-state index contributed by atoms with van der Waals surface area (Å²) in [5.74, 6) is 0.806. The Morgan fingerprint density at radius 1 is 1.38 bits per heavy atom. The van der Waals surface area contributed by atoms with Gasteiger partial charge in [-0.15, -0.1) is 0 Å². The molecule has 1 amide bonds. The maximum absolute atomic E-state index is 12.4. The fourth-order valence-electron chi connectivity index (χ4n) is 4.30. The minimum Gasteiger partial charge on any atom is -0.378 e. The third kappa shape index (κ3) is 3.22. The van der Waals surface area contributed by atoms with Gasteiger partial charge in [0.2, 0.25) is 0 Å². The molecule has 0 bridgehead atoms. The lowest BCUT2D eigenvalue weighted by Gasteiger charge is -2.53. The van der Waals surface area contributed by atoms with Crippen LogP contribution in [0.1, 0.15) is 48.9 Å². The Morgan fingerprint density at radius 3 is 2.88 bits per heavy atom. The number of amides is 1. The lowest BCUT2D eigenvalue weighted by atomic mass is 9.84. The molecule has 1 aromatic rings. The van der Waals surface area contributed by atoms with Gasteiger partial charge in [0, 0.05) is 32.9 Å². The second-order valence-electron chi connectivity index (χ2n) is 7.69. The molecular weight excluding hydrogens is 306 g/mol. The first-order chi connectivity index (χ1) is 11.6. The maximum atomic E-state index is 12.4. The largest absolute Gasteiger partial charge is 0.378 e. The highest BCUT2D eigenvalue weighted by Crippen LogP contribution is 2.36. The third-order valence-corrected chi connectivity index (χ3v) is 5.69. The number of aryl methyl sites for hydroxylation is 1. The standard InChI is InChI=1S/C18H27N3O3/c1-20-10-15(9-19-20)17(22)21-12-18(13-21)8-16(6-7-24-18)23-11-14-4-2-3-5-14/h9-10,14,16H,2-8,11-13H2,1H3. The van der Waals surface area contributed by atoms with E-state index in [9.17, 15) is 4.79 Å². The van der Waals surface area contributed by atoms with Gasteiger partial charge in [-0.05, 0) is 25.2 Å². The van der Waals surface area contributed by atoms with Crippen LogP contribution in [0.5, 0.6) is 0 Å². The summed E-state index contributed by atoms with van der Waals surface area (Å²) >= 11 is 0. The number of rotatable bonds is 4. The maximum Gasteiger partial charge on any atom is 0.257 e. The monoisotopic (exact) mass is 333 g/mol. The lowest BCUT2D eigenvalue weighted by molar-refractivity contribution is -0.187. The van der Waals surface area contributed by atoms with E-state index >= 15 is 0 Å². The molecule has 1 atom stereocenters. The molecule has 2 aliphatic heterocycles. The smallest absolute Gasteiger partial charge is 0.257 e. The Balaban J connectivity index is 1.28. The van der Waals surface area contributed by atoms with E-state index in [-0.39, 0.29) is 17.6 Å². The van der Waals surface area contributed by atoms with Gasteiger partial charge in [-0.3, -0.25) is 9.48 Å². The number of ether oxygens (including phenoxy) is 2. The van der Waals surface area contributed by atoms with E-state index in [1.165, 1.54) is 25.7 Å². The Labute approximate surface area is 143 Å². The fraction of sp³-hybridized carbons (Fsp3) is 0.778. The van der Waals surface area contributed by atoms with Crippen LogP contribution in [0.3, 0.4) is 0 Å². The molecule has 24 heavy (non-hydrogen) atoms. The summed E-state index contributed by atoms with van der Waals surface area (Å²) < 4.78 is 13.9. The van der Waals surface area contributed by atoms with Crippen molar-refractivity contribution in [3.8, 4) is 0 Å². The molecular formula is C18H27N3O3. The van der Waals surface area contributed by atoms with Crippen molar-refractivity contribution < 1.29 is 14.3 Å². The number of nitrogens with zero attached hydrogens (tertiary/aromatic N) is 3. The van der Waals surface area contributed by atoms with Gasteiger partial charge in [0.15, 0.2) is 0 Å². The average Bonchev–Trinajstić information content (AvgIpc) is 3.21. The van der Waals surface area contributed by atoms with Crippen LogP contribution in [0.25, 0.3) is 0 Å². The van der Waals surface area contributed by atoms with Crippen molar-refractivity contribution in [2.24, 2.45) is 13.0 Å². The summed E-state index contributed by atoms with van der Waals surface area (Å²) in [7, 11) is 1.82. The van der Waals surface area contributed by atoms with Gasteiger partial charge in [-0.2, -0.15) is 5.10 Å². The highest BCUT2D eigenvalue weighted by Gasteiger charge is 2.49. The Hall–Kier alpha value is -1.40. The number of likely N-dealkylation sites (tertiary alicyclic amines) is 1. The number of hydrogen-bond acceptors (Lipinski definition) is 4. The van der Waals surface area contributed by atoms with E-state index in [0.717, 1.165) is 32.0 Å². The SMILES string of the molecule is Cn1cc(C(=O)N2CC3(CC(OCC4CCCC4)CCO3)C2)cn1. The summed E-state index contributed by atoms with van der Waals surface area (Å²) in [6, 6.07) is 0. The summed E-state index contributed by atoms with van der Waals surface area (Å²) in [5.41, 5.74) is 0.466. The first-order valence-corrected chi connectivity index (χ1v) is 9.17. The van der Waals surface area contributed by atoms with Gasteiger partial charge < -0.3 is 14.4 Å². The van der Waals surface area contributed by atoms with Gasteiger partial charge in [-0.1, -0.05) is 12.8 Å². The van der Waals surface area contributed by atoms with Gasteiger partial charge in [0.1, 0.15) is 5.60 Å². The number of aromatic nitrogens is 2. The van der Waals surface area contributed by atoms with Crippen LogP contribution >= 0.6 is 0 Å². The molecule has 4 rings (SSSR count). The molecule has 2 saturated heterocycles. The molecule has 1 aliphatic carbocycles. The number of carbonyl (C=O) groups is 1. The van der Waals surface area contributed by atoms with Crippen molar-refractivity contribution in [2.75, 3.05) is 26.3 Å². The van der Waals surface area contributed by atoms with Crippen molar-refractivity contribution in [1.29, 1.82) is 0 Å². The molecule has 1 unspecified atom stereocenters. The second-order valence-corrected chi connectivity index (χ2v) is 7.69. The summed E-state index contributed by atoms with van der Waals surface area (Å²) in [6.07, 6.45) is 10.9. The Kier molecular flexibility index (Phi) is 4.35. The van der Waals surface area contributed by atoms with Crippen molar-refractivity contribution in [2.45, 2.75) is 50.2 Å². The third-order valence-electron chi connectivity index (χ3n) is 5.69. The Morgan fingerprint density at radius 2 is 2.17 bits per heavy atom. The molecule has 6 heteroatoms. The number of hydrogen-bond donors (Lipinski definition) is 0. The minimum absolute atomic E-state index is 0.0475. The van der Waals surface area contributed by atoms with Crippen LogP contribution in [0.4, 0.5) is 0 Å². The van der Waals surface area contributed by atoms with Crippen LogP contribution in [0.15, 0.2) is 12.4 Å². The first-order valence-electron chi connectivity index (χ1n) is 9.17. The van der Waals surface area contributed by atoms with Crippen molar-refractivity contribution >= 4 is 5.91 Å². The van der Waals surface area contributed by atoms with Gasteiger partial charge in [0.05, 0.1) is 31.0 Å². The van der Waals surface area contributed by atoms with Crippen LogP contribution in [-0.4, -0.2) is 58.6 Å². The second kappa shape index (κ2) is 6.48. The minimum atomic E-state index is -0.184. The van der Waals surface area contributed by atoms with E-state index in [2.05, 4.69) is 5.10 Å². The van der Waals surface area contributed by atoms with E-state index in [0.29, 0.717) is 18.7 Å².